The maximum atomic E-state index is 14.0. The van der Waals surface area contributed by atoms with E-state index in [-0.39, 0.29) is 16.6 Å². The average Bonchev–Trinajstić information content (AvgIpc) is 2.92. The molecule has 4 aliphatic rings. The predicted octanol–water partition coefficient (Wildman–Crippen LogP) is 5.41. The van der Waals surface area contributed by atoms with Gasteiger partial charge in [0.25, 0.3) is 0 Å². The standard InChI is InChI=1S/C22H27FO2S/c1-4-26-20-17(24)8-10-22(3)16-7-9-21(2)15(5-6-18(21)25)14(16)11-13(12-23)19(20)22/h8,10,12,14-16H,4-7,9,11H2,1-3H3/t14-,15-,16-,21-,22+/m0/s1. The number of Topliss-reactive ketones (excluding diaryl/α,β-unsaturated/α-hetero) is 1. The second-order valence-electron chi connectivity index (χ2n) is 8.75. The zero-order chi connectivity index (χ0) is 18.7. The number of ketones is 2. The van der Waals surface area contributed by atoms with Crippen molar-refractivity contribution in [3.8, 4) is 0 Å². The van der Waals surface area contributed by atoms with E-state index in [1.165, 1.54) is 11.8 Å². The van der Waals surface area contributed by atoms with E-state index in [1.807, 2.05) is 13.0 Å². The smallest absolute Gasteiger partial charge is 0.192 e. The van der Waals surface area contributed by atoms with Gasteiger partial charge in [0.05, 0.1) is 11.2 Å². The summed E-state index contributed by atoms with van der Waals surface area (Å²) in [7, 11) is 0. The van der Waals surface area contributed by atoms with E-state index in [9.17, 15) is 14.0 Å². The van der Waals surface area contributed by atoms with Gasteiger partial charge in [0.15, 0.2) is 5.78 Å². The van der Waals surface area contributed by atoms with Crippen molar-refractivity contribution in [1.82, 2.24) is 0 Å². The van der Waals surface area contributed by atoms with Crippen molar-refractivity contribution in [3.05, 3.63) is 34.5 Å². The molecule has 4 aliphatic carbocycles. The van der Waals surface area contributed by atoms with Crippen LogP contribution in [-0.2, 0) is 9.59 Å². The van der Waals surface area contributed by atoms with Gasteiger partial charge in [-0.3, -0.25) is 9.59 Å². The van der Waals surface area contributed by atoms with Gasteiger partial charge in [-0.15, -0.1) is 11.8 Å². The summed E-state index contributed by atoms with van der Waals surface area (Å²) in [5, 5.41) is 0. The van der Waals surface area contributed by atoms with Crippen molar-refractivity contribution in [2.24, 2.45) is 28.6 Å². The molecule has 3 fully saturated rings. The van der Waals surface area contributed by atoms with Crippen LogP contribution in [0.2, 0.25) is 0 Å². The van der Waals surface area contributed by atoms with E-state index >= 15 is 0 Å². The Hall–Kier alpha value is -1.16. The molecular formula is C22H27FO2S. The fraction of sp³-hybridized carbons (Fsp3) is 0.636. The first kappa shape index (κ1) is 18.2. The van der Waals surface area contributed by atoms with Gasteiger partial charge in [0.2, 0.25) is 0 Å². The molecule has 0 radical (unpaired) electrons. The number of halogens is 1. The molecule has 0 N–H and O–H groups in total. The number of fused-ring (bicyclic) bond motifs is 5. The van der Waals surface area contributed by atoms with Crippen molar-refractivity contribution in [3.63, 3.8) is 0 Å². The minimum absolute atomic E-state index is 0.0128. The zero-order valence-electron chi connectivity index (χ0n) is 15.8. The predicted molar refractivity (Wildman–Crippen MR) is 103 cm³/mol. The highest BCUT2D eigenvalue weighted by Crippen LogP contribution is 2.65. The van der Waals surface area contributed by atoms with E-state index in [1.54, 1.807) is 6.08 Å². The van der Waals surface area contributed by atoms with Gasteiger partial charge in [-0.2, -0.15) is 0 Å². The maximum absolute atomic E-state index is 14.0. The van der Waals surface area contributed by atoms with Crippen molar-refractivity contribution >= 4 is 23.3 Å². The molecule has 0 unspecified atom stereocenters. The fourth-order valence-electron chi connectivity index (χ4n) is 6.41. The molecule has 3 saturated carbocycles. The highest BCUT2D eigenvalue weighted by molar-refractivity contribution is 8.04. The minimum atomic E-state index is -0.306. The van der Waals surface area contributed by atoms with Crippen LogP contribution in [0, 0.1) is 28.6 Å². The summed E-state index contributed by atoms with van der Waals surface area (Å²) in [5.41, 5.74) is 1.08. The summed E-state index contributed by atoms with van der Waals surface area (Å²) in [5.74, 6) is 2.25. The van der Waals surface area contributed by atoms with Crippen LogP contribution in [0.1, 0.15) is 52.9 Å². The second kappa shape index (κ2) is 6.19. The third-order valence-corrected chi connectivity index (χ3v) is 8.67. The van der Waals surface area contributed by atoms with Gasteiger partial charge in [-0.25, -0.2) is 4.39 Å². The van der Waals surface area contributed by atoms with Crippen LogP contribution in [0.25, 0.3) is 0 Å². The van der Waals surface area contributed by atoms with Gasteiger partial charge >= 0.3 is 0 Å². The lowest BCUT2D eigenvalue weighted by Crippen LogP contribution is -2.50. The largest absolute Gasteiger partial charge is 0.299 e. The van der Waals surface area contributed by atoms with Gasteiger partial charge in [-0.1, -0.05) is 26.8 Å². The van der Waals surface area contributed by atoms with Gasteiger partial charge in [0, 0.05) is 17.3 Å². The zero-order valence-corrected chi connectivity index (χ0v) is 16.6. The third kappa shape index (κ3) is 2.30. The van der Waals surface area contributed by atoms with Crippen molar-refractivity contribution in [2.45, 2.75) is 52.9 Å². The highest BCUT2D eigenvalue weighted by atomic mass is 32.2. The summed E-state index contributed by atoms with van der Waals surface area (Å²) in [6.07, 6.45) is 8.63. The first-order valence-corrected chi connectivity index (χ1v) is 10.8. The van der Waals surface area contributed by atoms with Crippen molar-refractivity contribution < 1.29 is 14.0 Å². The molecule has 0 aromatic rings. The fourth-order valence-corrected chi connectivity index (χ4v) is 7.40. The Kier molecular flexibility index (Phi) is 4.33. The molecule has 0 aromatic carbocycles. The summed E-state index contributed by atoms with van der Waals surface area (Å²) in [6, 6.07) is 0. The molecular weight excluding hydrogens is 347 g/mol. The van der Waals surface area contributed by atoms with Crippen LogP contribution in [-0.4, -0.2) is 17.3 Å². The van der Waals surface area contributed by atoms with E-state index in [4.69, 9.17) is 0 Å². The lowest BCUT2D eigenvalue weighted by molar-refractivity contribution is -0.131. The number of rotatable bonds is 2. The topological polar surface area (TPSA) is 34.1 Å². The Morgan fingerprint density at radius 3 is 2.73 bits per heavy atom. The number of allylic oxidation sites excluding steroid dienone is 5. The first-order valence-electron chi connectivity index (χ1n) is 9.81. The number of hydrogen-bond donors (Lipinski definition) is 0. The van der Waals surface area contributed by atoms with Crippen LogP contribution in [0.3, 0.4) is 0 Å². The molecule has 0 aromatic heterocycles. The van der Waals surface area contributed by atoms with Crippen LogP contribution < -0.4 is 0 Å². The SMILES string of the molecule is CCSC1=C2C(=CF)C[C@@H]3[C@H](CC[C@]4(C)C(=O)CC[C@@H]34)[C@@]2(C)C=CC1=O. The molecule has 0 aliphatic heterocycles. The summed E-state index contributed by atoms with van der Waals surface area (Å²) >= 11 is 1.54. The quantitative estimate of drug-likeness (QED) is 0.648. The van der Waals surface area contributed by atoms with Crippen LogP contribution in [0.15, 0.2) is 34.5 Å². The molecule has 5 atom stereocenters. The van der Waals surface area contributed by atoms with Gasteiger partial charge in [-0.05, 0) is 66.4 Å². The molecule has 0 spiro atoms. The summed E-state index contributed by atoms with van der Waals surface area (Å²) < 4.78 is 14.0. The highest BCUT2D eigenvalue weighted by Gasteiger charge is 2.59. The van der Waals surface area contributed by atoms with E-state index in [0.717, 1.165) is 41.8 Å². The Labute approximate surface area is 159 Å². The molecule has 4 heteroatoms. The molecule has 2 nitrogen and oxygen atoms in total. The second-order valence-corrected chi connectivity index (χ2v) is 10.0. The minimum Gasteiger partial charge on any atom is -0.299 e. The maximum Gasteiger partial charge on any atom is 0.192 e. The molecule has 140 valence electrons. The number of hydrogen-bond acceptors (Lipinski definition) is 3. The van der Waals surface area contributed by atoms with Gasteiger partial charge in [0.1, 0.15) is 5.78 Å². The summed E-state index contributed by atoms with van der Waals surface area (Å²) in [6.45, 7) is 6.34. The lowest BCUT2D eigenvalue weighted by atomic mass is 9.47. The molecule has 0 heterocycles. The van der Waals surface area contributed by atoms with Crippen LogP contribution >= 0.6 is 11.8 Å². The lowest BCUT2D eigenvalue weighted by Gasteiger charge is -2.56. The van der Waals surface area contributed by atoms with E-state index in [0.29, 0.717) is 42.0 Å². The number of thioether (sulfide) groups is 1. The first-order chi connectivity index (χ1) is 12.4. The van der Waals surface area contributed by atoms with Crippen molar-refractivity contribution in [2.75, 3.05) is 5.75 Å². The Morgan fingerprint density at radius 2 is 2.04 bits per heavy atom. The molecule has 0 amide bonds. The monoisotopic (exact) mass is 374 g/mol. The third-order valence-electron chi connectivity index (χ3n) is 7.68. The Bertz CT molecular complexity index is 764. The number of carbonyl (C=O) groups is 2. The molecule has 0 bridgehead atoms. The molecule has 26 heavy (non-hydrogen) atoms. The average molecular weight is 375 g/mol. The Balaban J connectivity index is 1.83. The van der Waals surface area contributed by atoms with E-state index < -0.39 is 0 Å². The molecule has 0 saturated heterocycles. The Morgan fingerprint density at radius 1 is 1.27 bits per heavy atom. The van der Waals surface area contributed by atoms with Crippen LogP contribution in [0.4, 0.5) is 4.39 Å². The van der Waals surface area contributed by atoms with E-state index in [2.05, 4.69) is 13.8 Å². The van der Waals surface area contributed by atoms with Crippen molar-refractivity contribution in [1.29, 1.82) is 0 Å². The molecule has 4 rings (SSSR count). The summed E-state index contributed by atoms with van der Waals surface area (Å²) in [4.78, 5) is 25.8. The number of carbonyl (C=O) groups excluding carboxylic acids is 2. The normalized spacial score (nSPS) is 43.5. The van der Waals surface area contributed by atoms with Gasteiger partial charge < -0.3 is 0 Å². The van der Waals surface area contributed by atoms with Crippen LogP contribution in [0.5, 0.6) is 0 Å².